The van der Waals surface area contributed by atoms with Gasteiger partial charge in [-0.2, -0.15) is 0 Å². The number of hydrogen-bond donors (Lipinski definition) is 3. The third-order valence-electron chi connectivity index (χ3n) is 7.82. The maximum atomic E-state index is 12.9. The molecule has 0 spiro atoms. The predicted octanol–water partition coefficient (Wildman–Crippen LogP) is 7.20. The number of aliphatic carboxylic acids is 1. The fourth-order valence-electron chi connectivity index (χ4n) is 5.35. The lowest BCUT2D eigenvalue weighted by Crippen LogP contribution is -2.47. The van der Waals surface area contributed by atoms with Gasteiger partial charge in [0.15, 0.2) is 0 Å². The van der Waals surface area contributed by atoms with Gasteiger partial charge in [0.05, 0.1) is 15.6 Å². The van der Waals surface area contributed by atoms with E-state index in [-0.39, 0.29) is 17.7 Å². The smallest absolute Gasteiger partial charge is 0.326 e. The molecule has 0 radical (unpaired) electrons. The zero-order valence-corrected chi connectivity index (χ0v) is 26.8. The third-order valence-corrected chi connectivity index (χ3v) is 13.7. The summed E-state index contributed by atoms with van der Waals surface area (Å²) in [6, 6.07) is 11.8. The van der Waals surface area contributed by atoms with Crippen LogP contribution >= 0.6 is 30.9 Å². The molecule has 218 valence electrons. The van der Waals surface area contributed by atoms with E-state index in [9.17, 15) is 18.9 Å². The Balaban J connectivity index is 1.61. The molecule has 0 aromatic heterocycles. The lowest BCUT2D eigenvalue weighted by atomic mass is 9.80. The number of aryl methyl sites for hydroxylation is 1. The van der Waals surface area contributed by atoms with Crippen molar-refractivity contribution in [3.8, 4) is 0 Å². The van der Waals surface area contributed by atoms with E-state index in [4.69, 9.17) is 23.8 Å². The number of thiocarbonyl (C=S) groups is 1. The molecule has 0 heterocycles. The number of hydrogen-bond acceptors (Lipinski definition) is 4. The van der Waals surface area contributed by atoms with Gasteiger partial charge in [-0.25, -0.2) is 4.79 Å². The SMILES string of the molecule is CCc1cccc(Cl)c1C(=O)Nc1ccc(CC(NC(=S)C2(CCCCP(C)S(C)=O)CCCC2)C(=O)O)cc1. The molecule has 3 N–H and O–H groups in total. The van der Waals surface area contributed by atoms with Gasteiger partial charge >= 0.3 is 5.97 Å². The molecule has 1 aliphatic carbocycles. The van der Waals surface area contributed by atoms with Crippen LogP contribution < -0.4 is 10.6 Å². The second-order valence-corrected chi connectivity index (χ2v) is 17.3. The number of carbonyl (C=O) groups is 2. The van der Waals surface area contributed by atoms with Crippen molar-refractivity contribution in [2.45, 2.75) is 70.8 Å². The van der Waals surface area contributed by atoms with Crippen molar-refractivity contribution in [3.63, 3.8) is 0 Å². The molecule has 0 saturated heterocycles. The van der Waals surface area contributed by atoms with Crippen molar-refractivity contribution >= 4 is 63.9 Å². The summed E-state index contributed by atoms with van der Waals surface area (Å²) in [7, 11) is -1.20. The standard InChI is InChI=1S/C30H40ClN2O4PS2/c1-4-22-10-9-11-24(31)26(22)27(34)32-23-14-12-21(13-15-23)20-25(28(35)36)33-29(39)30(16-5-6-17-30)18-7-8-19-38(2)40(3)37/h9-15,25H,4-8,16-20H2,1-3H3,(H,32,34)(H,33,39)(H,35,36). The lowest BCUT2D eigenvalue weighted by molar-refractivity contribution is -0.139. The zero-order chi connectivity index (χ0) is 29.3. The predicted molar refractivity (Wildman–Crippen MR) is 173 cm³/mol. The Morgan fingerprint density at radius 1 is 1.15 bits per heavy atom. The minimum atomic E-state index is -0.944. The van der Waals surface area contributed by atoms with E-state index in [1.807, 2.05) is 31.2 Å². The largest absolute Gasteiger partial charge is 0.480 e. The van der Waals surface area contributed by atoms with Crippen LogP contribution in [-0.4, -0.2) is 51.3 Å². The molecule has 0 bridgehead atoms. The van der Waals surface area contributed by atoms with Gasteiger partial charge in [0, 0.05) is 34.2 Å². The highest BCUT2D eigenvalue weighted by molar-refractivity contribution is 8.46. The maximum absolute atomic E-state index is 12.9. The number of unbranched alkanes of at least 4 members (excludes halogenated alkanes) is 1. The highest BCUT2D eigenvalue weighted by atomic mass is 35.5. The summed E-state index contributed by atoms with van der Waals surface area (Å²) in [6.45, 7) is 4.06. The van der Waals surface area contributed by atoms with Gasteiger partial charge in [-0.1, -0.05) is 74.3 Å². The third kappa shape index (κ3) is 8.82. The molecule has 1 saturated carbocycles. The van der Waals surface area contributed by atoms with Crippen LogP contribution in [-0.2, 0) is 28.1 Å². The summed E-state index contributed by atoms with van der Waals surface area (Å²) in [5, 5.41) is 16.5. The van der Waals surface area contributed by atoms with E-state index in [1.165, 1.54) is 0 Å². The van der Waals surface area contributed by atoms with Gasteiger partial charge in [-0.3, -0.25) is 9.00 Å². The normalized spacial score (nSPS) is 16.6. The van der Waals surface area contributed by atoms with Crippen molar-refractivity contribution in [3.05, 3.63) is 64.2 Å². The number of amides is 1. The first-order valence-electron chi connectivity index (χ1n) is 13.8. The quantitative estimate of drug-likeness (QED) is 0.117. The first kappa shape index (κ1) is 32.7. The van der Waals surface area contributed by atoms with E-state index in [0.717, 1.165) is 62.2 Å². The highest BCUT2D eigenvalue weighted by Crippen LogP contribution is 2.44. The Kier molecular flexibility index (Phi) is 12.6. The minimum Gasteiger partial charge on any atom is -0.480 e. The van der Waals surface area contributed by atoms with Crippen molar-refractivity contribution in [1.82, 2.24) is 5.32 Å². The van der Waals surface area contributed by atoms with Crippen molar-refractivity contribution in [2.75, 3.05) is 24.4 Å². The monoisotopic (exact) mass is 622 g/mol. The number of anilines is 1. The molecule has 3 unspecified atom stereocenters. The molecule has 40 heavy (non-hydrogen) atoms. The lowest BCUT2D eigenvalue weighted by Gasteiger charge is -2.32. The Morgan fingerprint density at radius 3 is 2.42 bits per heavy atom. The average Bonchev–Trinajstić information content (AvgIpc) is 3.41. The van der Waals surface area contributed by atoms with E-state index >= 15 is 0 Å². The second kappa shape index (κ2) is 15.4. The van der Waals surface area contributed by atoms with Crippen LogP contribution in [0.25, 0.3) is 0 Å². The van der Waals surface area contributed by atoms with Gasteiger partial charge in [0.2, 0.25) is 0 Å². The number of halogens is 1. The molecular weight excluding hydrogens is 583 g/mol. The molecular formula is C30H40ClN2O4PS2. The molecule has 10 heteroatoms. The van der Waals surface area contributed by atoms with Crippen LogP contribution in [0, 0.1) is 5.41 Å². The molecule has 2 aromatic rings. The highest BCUT2D eigenvalue weighted by Gasteiger charge is 2.39. The summed E-state index contributed by atoms with van der Waals surface area (Å²) in [6.07, 6.45) is 10.8. The first-order valence-corrected chi connectivity index (χ1v) is 18.7. The van der Waals surface area contributed by atoms with Crippen molar-refractivity contribution in [1.29, 1.82) is 0 Å². The Labute approximate surface area is 252 Å². The van der Waals surface area contributed by atoms with Crippen LogP contribution in [0.3, 0.4) is 0 Å². The molecule has 6 nitrogen and oxygen atoms in total. The summed E-state index contributed by atoms with van der Waals surface area (Å²) in [5.41, 5.74) is 2.63. The number of carboxylic acid groups (broad SMARTS) is 1. The van der Waals surface area contributed by atoms with Gasteiger partial charge < -0.3 is 15.7 Å². The Morgan fingerprint density at radius 2 is 1.82 bits per heavy atom. The van der Waals surface area contributed by atoms with Crippen molar-refractivity contribution < 1.29 is 18.9 Å². The first-order chi connectivity index (χ1) is 19.1. The van der Waals surface area contributed by atoms with Gasteiger partial charge in [-0.05, 0) is 81.4 Å². The van der Waals surface area contributed by atoms with E-state index in [2.05, 4.69) is 17.3 Å². The van der Waals surface area contributed by atoms with E-state index in [1.54, 1.807) is 24.5 Å². The number of carbonyl (C=O) groups excluding carboxylic acids is 1. The molecule has 1 fully saturated rings. The minimum absolute atomic E-state index is 0.158. The number of rotatable bonds is 14. The van der Waals surface area contributed by atoms with Gasteiger partial charge in [0.1, 0.15) is 6.04 Å². The number of nitrogens with one attached hydrogen (secondary N) is 2. The van der Waals surface area contributed by atoms with Gasteiger partial charge in [-0.15, -0.1) is 0 Å². The summed E-state index contributed by atoms with van der Waals surface area (Å²) >= 11 is 12.1. The molecule has 1 aliphatic rings. The van der Waals surface area contributed by atoms with Crippen LogP contribution in [0.2, 0.25) is 5.02 Å². The number of benzene rings is 2. The van der Waals surface area contributed by atoms with Crippen LogP contribution in [0.15, 0.2) is 42.5 Å². The Bertz CT molecular complexity index is 1220. The van der Waals surface area contributed by atoms with Gasteiger partial charge in [0.25, 0.3) is 5.91 Å². The Hall–Kier alpha value is -1.86. The fraction of sp³-hybridized carbons (Fsp3) is 0.500. The van der Waals surface area contributed by atoms with E-state index < -0.39 is 29.6 Å². The summed E-state index contributed by atoms with van der Waals surface area (Å²) in [5.74, 6) is -1.22. The second-order valence-electron chi connectivity index (χ2n) is 10.6. The summed E-state index contributed by atoms with van der Waals surface area (Å²) < 4.78 is 11.7. The topological polar surface area (TPSA) is 95.5 Å². The van der Waals surface area contributed by atoms with Crippen LogP contribution in [0.4, 0.5) is 5.69 Å². The van der Waals surface area contributed by atoms with Crippen molar-refractivity contribution in [2.24, 2.45) is 5.41 Å². The maximum Gasteiger partial charge on any atom is 0.326 e. The number of carboxylic acids is 1. The fourth-order valence-corrected chi connectivity index (χ4v) is 8.16. The molecule has 1 amide bonds. The molecule has 2 aromatic carbocycles. The summed E-state index contributed by atoms with van der Waals surface area (Å²) in [4.78, 5) is 25.7. The molecule has 3 rings (SSSR count). The van der Waals surface area contributed by atoms with Crippen LogP contribution in [0.1, 0.15) is 73.4 Å². The molecule has 3 atom stereocenters. The zero-order valence-electron chi connectivity index (χ0n) is 23.5. The molecule has 0 aliphatic heterocycles. The van der Waals surface area contributed by atoms with Crippen LogP contribution in [0.5, 0.6) is 0 Å². The van der Waals surface area contributed by atoms with E-state index in [0.29, 0.717) is 27.7 Å². The average molecular weight is 623 g/mol.